The average Bonchev–Trinajstić information content (AvgIpc) is 2.51. The van der Waals surface area contributed by atoms with Crippen molar-refractivity contribution in [2.45, 2.75) is 13.0 Å². The van der Waals surface area contributed by atoms with Gasteiger partial charge in [-0.15, -0.1) is 6.58 Å². The van der Waals surface area contributed by atoms with Crippen molar-refractivity contribution in [3.05, 3.63) is 24.0 Å². The summed E-state index contributed by atoms with van der Waals surface area (Å²) in [7, 11) is 0. The lowest BCUT2D eigenvalue weighted by atomic mass is 10.1. The molecule has 0 aliphatic carbocycles. The fraction of sp³-hybridized carbons (Fsp3) is 0.500. The topological polar surface area (TPSA) is 44.8 Å². The summed E-state index contributed by atoms with van der Waals surface area (Å²) in [5, 5.41) is 10.8. The van der Waals surface area contributed by atoms with Crippen molar-refractivity contribution < 1.29 is 0 Å². The predicted octanol–water partition coefficient (Wildman–Crippen LogP) is 0.349. The van der Waals surface area contributed by atoms with Crippen molar-refractivity contribution >= 4 is 0 Å². The molecule has 0 bridgehead atoms. The van der Waals surface area contributed by atoms with E-state index in [2.05, 4.69) is 26.9 Å². The molecule has 2 heterocycles. The van der Waals surface area contributed by atoms with Gasteiger partial charge in [-0.2, -0.15) is 15.4 Å². The zero-order valence-corrected chi connectivity index (χ0v) is 6.95. The molecular weight excluding hydrogens is 152 g/mol. The van der Waals surface area contributed by atoms with Crippen LogP contribution in [0, 0.1) is 0 Å². The van der Waals surface area contributed by atoms with Gasteiger partial charge >= 0.3 is 0 Å². The number of nitrogens with zero attached hydrogens (tertiary/aromatic N) is 3. The third kappa shape index (κ3) is 1.25. The highest BCUT2D eigenvalue weighted by Gasteiger charge is 2.17. The molecule has 0 aromatic carbocycles. The highest BCUT2D eigenvalue weighted by molar-refractivity contribution is 5.12. The number of aromatic nitrogens is 3. The monoisotopic (exact) mass is 164 g/mol. The zero-order valence-electron chi connectivity index (χ0n) is 6.95. The number of rotatable bonds is 2. The SMILES string of the molecule is C=CCN1CCc2n[nH]nc2C1. The summed E-state index contributed by atoms with van der Waals surface area (Å²) in [6.45, 7) is 6.61. The minimum Gasteiger partial charge on any atom is -0.293 e. The van der Waals surface area contributed by atoms with E-state index < -0.39 is 0 Å². The molecule has 0 fully saturated rings. The van der Waals surface area contributed by atoms with E-state index in [0.29, 0.717) is 0 Å². The fourth-order valence-electron chi connectivity index (χ4n) is 1.49. The Bertz CT molecular complexity index is 278. The largest absolute Gasteiger partial charge is 0.293 e. The predicted molar refractivity (Wildman–Crippen MR) is 45.6 cm³/mol. The van der Waals surface area contributed by atoms with Crippen molar-refractivity contribution in [3.63, 3.8) is 0 Å². The Morgan fingerprint density at radius 1 is 1.50 bits per heavy atom. The highest BCUT2D eigenvalue weighted by atomic mass is 15.3. The van der Waals surface area contributed by atoms with Crippen molar-refractivity contribution in [2.24, 2.45) is 0 Å². The van der Waals surface area contributed by atoms with Gasteiger partial charge in [0, 0.05) is 26.1 Å². The molecule has 12 heavy (non-hydrogen) atoms. The van der Waals surface area contributed by atoms with E-state index in [4.69, 9.17) is 0 Å². The maximum atomic E-state index is 4.08. The molecule has 0 saturated heterocycles. The van der Waals surface area contributed by atoms with Crippen LogP contribution in [0.5, 0.6) is 0 Å². The van der Waals surface area contributed by atoms with E-state index >= 15 is 0 Å². The first kappa shape index (κ1) is 7.49. The molecule has 0 spiro atoms. The third-order valence-electron chi connectivity index (χ3n) is 2.13. The Kier molecular flexibility index (Phi) is 1.91. The molecule has 0 atom stereocenters. The normalized spacial score (nSPS) is 17.3. The Morgan fingerprint density at radius 2 is 2.33 bits per heavy atom. The summed E-state index contributed by atoms with van der Waals surface area (Å²) in [5.41, 5.74) is 2.21. The number of fused-ring (bicyclic) bond motifs is 1. The van der Waals surface area contributed by atoms with Crippen LogP contribution in [0.25, 0.3) is 0 Å². The molecular formula is C8H12N4. The van der Waals surface area contributed by atoms with Crippen molar-refractivity contribution in [3.8, 4) is 0 Å². The lowest BCUT2D eigenvalue weighted by Gasteiger charge is -2.23. The summed E-state index contributed by atoms with van der Waals surface area (Å²) in [6, 6.07) is 0. The minimum atomic E-state index is 0.901. The highest BCUT2D eigenvalue weighted by Crippen LogP contribution is 2.12. The van der Waals surface area contributed by atoms with Crippen LogP contribution in [0.1, 0.15) is 11.4 Å². The van der Waals surface area contributed by atoms with Crippen molar-refractivity contribution in [2.75, 3.05) is 13.1 Å². The van der Waals surface area contributed by atoms with Crippen molar-refractivity contribution in [1.29, 1.82) is 0 Å². The molecule has 1 aromatic heterocycles. The maximum Gasteiger partial charge on any atom is 0.0997 e. The standard InChI is InChI=1S/C8H12N4/c1-2-4-12-5-3-7-8(6-12)10-11-9-7/h2H,1,3-6H2,(H,9,10,11). The first-order chi connectivity index (χ1) is 5.90. The van der Waals surface area contributed by atoms with Gasteiger partial charge < -0.3 is 0 Å². The van der Waals surface area contributed by atoms with Crippen LogP contribution >= 0.6 is 0 Å². The Morgan fingerprint density at radius 3 is 3.17 bits per heavy atom. The molecule has 4 nitrogen and oxygen atoms in total. The van der Waals surface area contributed by atoms with Gasteiger partial charge in [-0.05, 0) is 0 Å². The van der Waals surface area contributed by atoms with Crippen LogP contribution in [-0.4, -0.2) is 33.4 Å². The van der Waals surface area contributed by atoms with Gasteiger partial charge in [0.05, 0.1) is 11.4 Å². The Hall–Kier alpha value is -1.16. The van der Waals surface area contributed by atoms with Crippen LogP contribution in [0.4, 0.5) is 0 Å². The second-order valence-corrected chi connectivity index (χ2v) is 2.99. The molecule has 0 saturated carbocycles. The molecule has 1 aliphatic heterocycles. The quantitative estimate of drug-likeness (QED) is 0.641. The molecule has 64 valence electrons. The van der Waals surface area contributed by atoms with E-state index in [0.717, 1.165) is 37.4 Å². The van der Waals surface area contributed by atoms with Gasteiger partial charge in [0.1, 0.15) is 0 Å². The number of hydrogen-bond donors (Lipinski definition) is 1. The summed E-state index contributed by atoms with van der Waals surface area (Å²) in [4.78, 5) is 2.30. The molecule has 1 aromatic rings. The number of aromatic amines is 1. The molecule has 0 unspecified atom stereocenters. The maximum absolute atomic E-state index is 4.08. The van der Waals surface area contributed by atoms with E-state index in [-0.39, 0.29) is 0 Å². The first-order valence-electron chi connectivity index (χ1n) is 4.12. The molecule has 1 aliphatic rings. The van der Waals surface area contributed by atoms with Crippen molar-refractivity contribution in [1.82, 2.24) is 20.3 Å². The molecule has 0 amide bonds. The average molecular weight is 164 g/mol. The summed E-state index contributed by atoms with van der Waals surface area (Å²) in [6.07, 6.45) is 2.92. The molecule has 1 N–H and O–H groups in total. The first-order valence-corrected chi connectivity index (χ1v) is 4.12. The van der Waals surface area contributed by atoms with Gasteiger partial charge in [0.15, 0.2) is 0 Å². The fourth-order valence-corrected chi connectivity index (χ4v) is 1.49. The summed E-state index contributed by atoms with van der Waals surface area (Å²) in [5.74, 6) is 0. The third-order valence-corrected chi connectivity index (χ3v) is 2.13. The van der Waals surface area contributed by atoms with Gasteiger partial charge in [-0.25, -0.2) is 0 Å². The Balaban J connectivity index is 2.09. The second-order valence-electron chi connectivity index (χ2n) is 2.99. The molecule has 0 radical (unpaired) electrons. The smallest absolute Gasteiger partial charge is 0.0997 e. The summed E-state index contributed by atoms with van der Waals surface area (Å²) < 4.78 is 0. The van der Waals surface area contributed by atoms with Crippen LogP contribution < -0.4 is 0 Å². The van der Waals surface area contributed by atoms with Crippen LogP contribution in [0.2, 0.25) is 0 Å². The van der Waals surface area contributed by atoms with E-state index in [9.17, 15) is 0 Å². The van der Waals surface area contributed by atoms with E-state index in [1.54, 1.807) is 0 Å². The zero-order chi connectivity index (χ0) is 8.39. The lowest BCUT2D eigenvalue weighted by Crippen LogP contribution is -2.30. The number of H-pyrrole nitrogens is 1. The molecule has 4 heteroatoms. The van der Waals surface area contributed by atoms with Gasteiger partial charge in [0.2, 0.25) is 0 Å². The van der Waals surface area contributed by atoms with Crippen LogP contribution in [0.3, 0.4) is 0 Å². The van der Waals surface area contributed by atoms with Gasteiger partial charge in [-0.3, -0.25) is 4.90 Å². The van der Waals surface area contributed by atoms with E-state index in [1.807, 2.05) is 6.08 Å². The number of hydrogen-bond acceptors (Lipinski definition) is 3. The molecule has 2 rings (SSSR count). The van der Waals surface area contributed by atoms with Crippen LogP contribution in [0.15, 0.2) is 12.7 Å². The van der Waals surface area contributed by atoms with Gasteiger partial charge in [0.25, 0.3) is 0 Å². The Labute approximate surface area is 71.3 Å². The lowest BCUT2D eigenvalue weighted by molar-refractivity contribution is 0.277. The van der Waals surface area contributed by atoms with Crippen LogP contribution in [-0.2, 0) is 13.0 Å². The second kappa shape index (κ2) is 3.06. The number of nitrogens with one attached hydrogen (secondary N) is 1. The van der Waals surface area contributed by atoms with E-state index in [1.165, 1.54) is 0 Å². The van der Waals surface area contributed by atoms with Gasteiger partial charge in [-0.1, -0.05) is 6.08 Å². The summed E-state index contributed by atoms with van der Waals surface area (Å²) >= 11 is 0. The minimum absolute atomic E-state index is 0.901.